The molecule has 0 spiro atoms. The van der Waals surface area contributed by atoms with Crippen LogP contribution in [0.5, 0.6) is 0 Å². The van der Waals surface area contributed by atoms with Gasteiger partial charge in [-0.2, -0.15) is 0 Å². The largest absolute Gasteiger partial charge is 0.427 e. The van der Waals surface area contributed by atoms with Gasteiger partial charge in [-0.05, 0) is 31.9 Å². The molecule has 0 fully saturated rings. The highest BCUT2D eigenvalue weighted by molar-refractivity contribution is 5.74. The monoisotopic (exact) mass is 281 g/mol. The standard InChI is InChI=1S/C15H23NO4/c1-3-5-10-13(4-2)20-15(18)12-9-7-6-8-11-14(17)16-19/h3-5,10,19H,2,6-9,11-12H2,1H3,(H,16,17)/b5-3-,13-10+. The summed E-state index contributed by atoms with van der Waals surface area (Å²) in [7, 11) is 0. The number of carbonyl (C=O) groups is 2. The first-order chi connectivity index (χ1) is 9.63. The summed E-state index contributed by atoms with van der Waals surface area (Å²) < 4.78 is 5.12. The second-order valence-corrected chi connectivity index (χ2v) is 4.22. The quantitative estimate of drug-likeness (QED) is 0.161. The summed E-state index contributed by atoms with van der Waals surface area (Å²) in [6.07, 6.45) is 10.5. The molecule has 0 aliphatic heterocycles. The van der Waals surface area contributed by atoms with Crippen LogP contribution in [0.15, 0.2) is 36.6 Å². The number of esters is 1. The molecule has 5 heteroatoms. The lowest BCUT2D eigenvalue weighted by molar-refractivity contribution is -0.139. The molecule has 0 saturated carbocycles. The number of allylic oxidation sites excluding steroid dienone is 4. The van der Waals surface area contributed by atoms with Crippen molar-refractivity contribution in [1.82, 2.24) is 5.48 Å². The fraction of sp³-hybridized carbons (Fsp3) is 0.467. The van der Waals surface area contributed by atoms with Gasteiger partial charge in [-0.15, -0.1) is 0 Å². The molecule has 0 unspecified atom stereocenters. The number of hydroxylamine groups is 1. The van der Waals surface area contributed by atoms with Crippen molar-refractivity contribution in [2.45, 2.75) is 45.4 Å². The maximum atomic E-state index is 11.5. The smallest absolute Gasteiger partial charge is 0.311 e. The van der Waals surface area contributed by atoms with Crippen molar-refractivity contribution in [2.75, 3.05) is 0 Å². The molecule has 1 amide bonds. The van der Waals surface area contributed by atoms with Gasteiger partial charge in [-0.3, -0.25) is 14.8 Å². The van der Waals surface area contributed by atoms with Crippen molar-refractivity contribution in [3.8, 4) is 0 Å². The minimum Gasteiger partial charge on any atom is -0.427 e. The summed E-state index contributed by atoms with van der Waals surface area (Å²) >= 11 is 0. The predicted molar refractivity (Wildman–Crippen MR) is 76.8 cm³/mol. The summed E-state index contributed by atoms with van der Waals surface area (Å²) in [5.74, 6) is -0.226. The van der Waals surface area contributed by atoms with E-state index in [1.807, 2.05) is 13.0 Å². The van der Waals surface area contributed by atoms with Crippen LogP contribution in [0.2, 0.25) is 0 Å². The molecule has 0 aromatic rings. The Morgan fingerprint density at radius 3 is 2.40 bits per heavy atom. The number of rotatable bonds is 10. The highest BCUT2D eigenvalue weighted by Gasteiger charge is 2.05. The molecule has 0 heterocycles. The molecule has 2 N–H and O–H groups in total. The van der Waals surface area contributed by atoms with Gasteiger partial charge in [0.1, 0.15) is 5.76 Å². The molecule has 20 heavy (non-hydrogen) atoms. The number of carbonyl (C=O) groups excluding carboxylic acids is 2. The Morgan fingerprint density at radius 2 is 1.85 bits per heavy atom. The first-order valence-corrected chi connectivity index (χ1v) is 6.73. The Kier molecular flexibility index (Phi) is 11.0. The number of hydrogen-bond donors (Lipinski definition) is 2. The van der Waals surface area contributed by atoms with Gasteiger partial charge in [-0.25, -0.2) is 5.48 Å². The van der Waals surface area contributed by atoms with Gasteiger partial charge in [0.2, 0.25) is 5.91 Å². The summed E-state index contributed by atoms with van der Waals surface area (Å²) in [4.78, 5) is 22.3. The van der Waals surface area contributed by atoms with Crippen LogP contribution in [0.4, 0.5) is 0 Å². The van der Waals surface area contributed by atoms with Crippen molar-refractivity contribution in [2.24, 2.45) is 0 Å². The molecule has 0 saturated heterocycles. The van der Waals surface area contributed by atoms with Crippen LogP contribution in [0.25, 0.3) is 0 Å². The number of hydrogen-bond acceptors (Lipinski definition) is 4. The highest BCUT2D eigenvalue weighted by atomic mass is 16.5. The zero-order valence-electron chi connectivity index (χ0n) is 11.9. The van der Waals surface area contributed by atoms with E-state index in [-0.39, 0.29) is 11.9 Å². The van der Waals surface area contributed by atoms with E-state index in [1.165, 1.54) is 6.08 Å². The molecule has 0 aromatic carbocycles. The maximum absolute atomic E-state index is 11.5. The molecule has 0 radical (unpaired) electrons. The second-order valence-electron chi connectivity index (χ2n) is 4.22. The van der Waals surface area contributed by atoms with Gasteiger partial charge in [0.15, 0.2) is 0 Å². The van der Waals surface area contributed by atoms with E-state index in [0.29, 0.717) is 31.4 Å². The molecule has 5 nitrogen and oxygen atoms in total. The molecule has 0 rings (SSSR count). The van der Waals surface area contributed by atoms with Gasteiger partial charge >= 0.3 is 5.97 Å². The lowest BCUT2D eigenvalue weighted by atomic mass is 10.1. The van der Waals surface area contributed by atoms with E-state index in [0.717, 1.165) is 12.8 Å². The molecule has 0 aliphatic rings. The lowest BCUT2D eigenvalue weighted by Gasteiger charge is -2.04. The summed E-state index contributed by atoms with van der Waals surface area (Å²) in [6.45, 7) is 5.45. The average Bonchev–Trinajstić information content (AvgIpc) is 2.46. The van der Waals surface area contributed by atoms with Gasteiger partial charge in [0.05, 0.1) is 0 Å². The first kappa shape index (κ1) is 18.1. The van der Waals surface area contributed by atoms with E-state index in [1.54, 1.807) is 17.6 Å². The fourth-order valence-corrected chi connectivity index (χ4v) is 1.48. The van der Waals surface area contributed by atoms with E-state index in [2.05, 4.69) is 6.58 Å². The van der Waals surface area contributed by atoms with Crippen LogP contribution in [0.1, 0.15) is 45.4 Å². The average molecular weight is 281 g/mol. The number of nitrogens with one attached hydrogen (secondary N) is 1. The molecule has 0 atom stereocenters. The number of ether oxygens (including phenoxy) is 1. The minimum absolute atomic E-state index is 0.284. The minimum atomic E-state index is -0.380. The molecule has 0 bridgehead atoms. The summed E-state index contributed by atoms with van der Waals surface area (Å²) in [5, 5.41) is 8.30. The van der Waals surface area contributed by atoms with E-state index >= 15 is 0 Å². The highest BCUT2D eigenvalue weighted by Crippen LogP contribution is 2.08. The van der Waals surface area contributed by atoms with E-state index in [4.69, 9.17) is 9.94 Å². The zero-order chi connectivity index (χ0) is 15.2. The van der Waals surface area contributed by atoms with Gasteiger partial charge in [0, 0.05) is 12.8 Å². The Bertz CT molecular complexity index is 372. The molecule has 112 valence electrons. The Hall–Kier alpha value is -1.88. The third kappa shape index (κ3) is 10.1. The van der Waals surface area contributed by atoms with Crippen LogP contribution in [-0.2, 0) is 14.3 Å². The van der Waals surface area contributed by atoms with Crippen molar-refractivity contribution in [1.29, 1.82) is 0 Å². The SMILES string of the molecule is C=C/C(=C\C=C/C)OC(=O)CCCCCCC(=O)NO. The van der Waals surface area contributed by atoms with Crippen LogP contribution in [0.3, 0.4) is 0 Å². The lowest BCUT2D eigenvalue weighted by Crippen LogP contribution is -2.17. The van der Waals surface area contributed by atoms with Crippen molar-refractivity contribution >= 4 is 11.9 Å². The van der Waals surface area contributed by atoms with E-state index < -0.39 is 0 Å². The summed E-state index contributed by atoms with van der Waals surface area (Å²) in [6, 6.07) is 0. The normalized spacial score (nSPS) is 11.4. The Morgan fingerprint density at radius 1 is 1.20 bits per heavy atom. The zero-order valence-corrected chi connectivity index (χ0v) is 11.9. The predicted octanol–water partition coefficient (Wildman–Crippen LogP) is 3.02. The topological polar surface area (TPSA) is 75.6 Å². The molecule has 0 aromatic heterocycles. The molecular weight excluding hydrogens is 258 g/mol. The number of unbranched alkanes of at least 4 members (excludes halogenated alkanes) is 3. The third-order valence-corrected chi connectivity index (χ3v) is 2.55. The van der Waals surface area contributed by atoms with Crippen LogP contribution in [-0.4, -0.2) is 17.1 Å². The summed E-state index contributed by atoms with van der Waals surface area (Å²) in [5.41, 5.74) is 1.58. The Labute approximate surface area is 120 Å². The molecular formula is C15H23NO4. The van der Waals surface area contributed by atoms with Gasteiger partial charge in [-0.1, -0.05) is 31.6 Å². The van der Waals surface area contributed by atoms with E-state index in [9.17, 15) is 9.59 Å². The molecule has 0 aliphatic carbocycles. The van der Waals surface area contributed by atoms with Crippen LogP contribution in [0, 0.1) is 0 Å². The van der Waals surface area contributed by atoms with Gasteiger partial charge in [0.25, 0.3) is 0 Å². The third-order valence-electron chi connectivity index (χ3n) is 2.55. The van der Waals surface area contributed by atoms with Crippen LogP contribution < -0.4 is 5.48 Å². The van der Waals surface area contributed by atoms with Crippen molar-refractivity contribution in [3.63, 3.8) is 0 Å². The Balaban J connectivity index is 3.73. The fourth-order valence-electron chi connectivity index (χ4n) is 1.48. The van der Waals surface area contributed by atoms with Crippen LogP contribution >= 0.6 is 0 Å². The maximum Gasteiger partial charge on any atom is 0.311 e. The first-order valence-electron chi connectivity index (χ1n) is 6.73. The number of amides is 1. The van der Waals surface area contributed by atoms with Crippen molar-refractivity contribution < 1.29 is 19.5 Å². The van der Waals surface area contributed by atoms with Gasteiger partial charge < -0.3 is 4.74 Å². The van der Waals surface area contributed by atoms with Crippen molar-refractivity contribution in [3.05, 3.63) is 36.6 Å². The second kappa shape index (κ2) is 12.2.